The Bertz CT molecular complexity index is 342. The Kier molecular flexibility index (Phi) is 2.48. The van der Waals surface area contributed by atoms with E-state index < -0.39 is 0 Å². The predicted molar refractivity (Wildman–Crippen MR) is 55.0 cm³/mol. The molecule has 2 rings (SSSR count). The van der Waals surface area contributed by atoms with Gasteiger partial charge in [0, 0.05) is 11.6 Å². The summed E-state index contributed by atoms with van der Waals surface area (Å²) in [5.41, 5.74) is 0.662. The molecule has 1 aliphatic rings. The second-order valence-corrected chi connectivity index (χ2v) is 4.87. The van der Waals surface area contributed by atoms with Gasteiger partial charge in [0.05, 0.1) is 6.20 Å². The average molecular weight is 214 g/mol. The van der Waals surface area contributed by atoms with Crippen LogP contribution < -0.4 is 0 Å². The number of rotatable bonds is 1. The first-order valence-electron chi connectivity index (χ1n) is 4.86. The summed E-state index contributed by atoms with van der Waals surface area (Å²) in [7, 11) is 0. The van der Waals surface area contributed by atoms with Gasteiger partial charge in [-0.1, -0.05) is 6.92 Å². The second-order valence-electron chi connectivity index (χ2n) is 4.26. The fourth-order valence-corrected chi connectivity index (χ4v) is 2.73. The van der Waals surface area contributed by atoms with Gasteiger partial charge < -0.3 is 0 Å². The highest BCUT2D eigenvalue weighted by Gasteiger charge is 2.37. The zero-order chi connectivity index (χ0) is 10.2. The molecule has 1 aliphatic carbocycles. The smallest absolute Gasteiger partial charge is 0.145 e. The van der Waals surface area contributed by atoms with Crippen molar-refractivity contribution in [3.8, 4) is 0 Å². The molecule has 0 radical (unpaired) electrons. The summed E-state index contributed by atoms with van der Waals surface area (Å²) in [6.45, 7) is 2.08. The second kappa shape index (κ2) is 3.50. The molecule has 1 nitrogen and oxygen atoms in total. The van der Waals surface area contributed by atoms with E-state index in [2.05, 4.69) is 11.9 Å². The van der Waals surface area contributed by atoms with Crippen molar-refractivity contribution < 1.29 is 4.39 Å². The Labute approximate surface area is 88.3 Å². The van der Waals surface area contributed by atoms with Crippen LogP contribution in [0, 0.1) is 5.82 Å². The molecule has 1 saturated carbocycles. The van der Waals surface area contributed by atoms with Crippen LogP contribution in [0.5, 0.6) is 0 Å². The molecule has 1 fully saturated rings. The van der Waals surface area contributed by atoms with Crippen LogP contribution in [0.3, 0.4) is 0 Å². The lowest BCUT2D eigenvalue weighted by Gasteiger charge is -2.24. The van der Waals surface area contributed by atoms with Gasteiger partial charge in [-0.3, -0.25) is 4.98 Å². The van der Waals surface area contributed by atoms with Gasteiger partial charge in [0.15, 0.2) is 0 Å². The normalized spacial score (nSPS) is 32.1. The number of halogens is 2. The first-order valence-corrected chi connectivity index (χ1v) is 5.29. The van der Waals surface area contributed by atoms with Crippen molar-refractivity contribution in [2.75, 3.05) is 0 Å². The highest BCUT2D eigenvalue weighted by atomic mass is 35.5. The minimum absolute atomic E-state index is 0.0978. The molecule has 0 amide bonds. The van der Waals surface area contributed by atoms with E-state index in [9.17, 15) is 4.39 Å². The lowest BCUT2D eigenvalue weighted by atomic mass is 9.81. The summed E-state index contributed by atoms with van der Waals surface area (Å²) in [6.07, 6.45) is 5.71. The van der Waals surface area contributed by atoms with Gasteiger partial charge in [-0.2, -0.15) is 0 Å². The summed E-state index contributed by atoms with van der Waals surface area (Å²) in [6, 6.07) is 1.77. The average Bonchev–Trinajstić information content (AvgIpc) is 2.48. The maximum absolute atomic E-state index is 13.5. The minimum atomic E-state index is -0.208. The summed E-state index contributed by atoms with van der Waals surface area (Å²) in [4.78, 5) is 3.76. The first-order chi connectivity index (χ1) is 6.62. The Hall–Kier alpha value is -0.630. The third-order valence-corrected chi connectivity index (χ3v) is 3.48. The maximum Gasteiger partial charge on any atom is 0.145 e. The first kappa shape index (κ1) is 9.91. The van der Waals surface area contributed by atoms with Crippen LogP contribution in [0.4, 0.5) is 4.39 Å². The molecule has 0 aliphatic heterocycles. The van der Waals surface area contributed by atoms with E-state index in [0.717, 1.165) is 24.8 Å². The van der Waals surface area contributed by atoms with Crippen molar-refractivity contribution in [2.24, 2.45) is 0 Å². The summed E-state index contributed by atoms with van der Waals surface area (Å²) >= 11 is 6.06. The van der Waals surface area contributed by atoms with Crippen LogP contribution in [0.1, 0.15) is 31.7 Å². The molecule has 0 saturated heterocycles. The van der Waals surface area contributed by atoms with Gasteiger partial charge in [-0.05, 0) is 36.3 Å². The molecule has 2 atom stereocenters. The van der Waals surface area contributed by atoms with E-state index in [1.54, 1.807) is 12.3 Å². The van der Waals surface area contributed by atoms with Crippen molar-refractivity contribution in [3.63, 3.8) is 0 Å². The number of alkyl halides is 1. The number of nitrogens with zero attached hydrogens (tertiary/aromatic N) is 1. The van der Waals surface area contributed by atoms with Crippen molar-refractivity contribution in [2.45, 2.75) is 37.0 Å². The van der Waals surface area contributed by atoms with Crippen LogP contribution in [0.15, 0.2) is 18.5 Å². The zero-order valence-corrected chi connectivity index (χ0v) is 8.89. The van der Waals surface area contributed by atoms with E-state index in [1.807, 2.05) is 0 Å². The maximum atomic E-state index is 13.5. The predicted octanol–water partition coefficient (Wildman–Crippen LogP) is 3.27. The lowest BCUT2D eigenvalue weighted by Crippen LogP contribution is -2.19. The molecule has 0 spiro atoms. The van der Waals surface area contributed by atoms with Crippen molar-refractivity contribution >= 4 is 11.6 Å². The standard InChI is InChI=1S/C11H13ClFN/c1-11(4-2-8(12)6-11)9-3-5-14-7-10(9)13/h3,5,7-8H,2,4,6H2,1H3. The number of hydrogen-bond acceptors (Lipinski definition) is 1. The molecular formula is C11H13ClFN. The van der Waals surface area contributed by atoms with Crippen molar-refractivity contribution in [1.82, 2.24) is 4.98 Å². The van der Waals surface area contributed by atoms with Gasteiger partial charge in [0.25, 0.3) is 0 Å². The molecular weight excluding hydrogens is 201 g/mol. The minimum Gasteiger partial charge on any atom is -0.262 e. The number of aromatic nitrogens is 1. The molecule has 1 heterocycles. The molecule has 1 aromatic rings. The Balaban J connectivity index is 2.35. The molecule has 1 aromatic heterocycles. The Morgan fingerprint density at radius 3 is 3.00 bits per heavy atom. The largest absolute Gasteiger partial charge is 0.262 e. The zero-order valence-electron chi connectivity index (χ0n) is 8.13. The van der Waals surface area contributed by atoms with Crippen LogP contribution in [0.25, 0.3) is 0 Å². The lowest BCUT2D eigenvalue weighted by molar-refractivity contribution is 0.456. The SMILES string of the molecule is CC1(c2ccncc2F)CCC(Cl)C1. The van der Waals surface area contributed by atoms with Crippen molar-refractivity contribution in [3.05, 3.63) is 29.8 Å². The van der Waals surface area contributed by atoms with Gasteiger partial charge in [-0.15, -0.1) is 11.6 Å². The third kappa shape index (κ3) is 1.63. The number of pyridine rings is 1. The quantitative estimate of drug-likeness (QED) is 0.653. The Morgan fingerprint density at radius 1 is 1.64 bits per heavy atom. The number of hydrogen-bond donors (Lipinski definition) is 0. The topological polar surface area (TPSA) is 12.9 Å². The van der Waals surface area contributed by atoms with E-state index >= 15 is 0 Å². The van der Waals surface area contributed by atoms with Crippen LogP contribution in [-0.4, -0.2) is 10.4 Å². The molecule has 0 bridgehead atoms. The van der Waals surface area contributed by atoms with E-state index in [-0.39, 0.29) is 16.6 Å². The molecule has 3 heteroatoms. The molecule has 14 heavy (non-hydrogen) atoms. The fraction of sp³-hybridized carbons (Fsp3) is 0.545. The van der Waals surface area contributed by atoms with E-state index in [4.69, 9.17) is 11.6 Å². The fourth-order valence-electron chi connectivity index (χ4n) is 2.28. The molecule has 76 valence electrons. The summed E-state index contributed by atoms with van der Waals surface area (Å²) in [5, 5.41) is 0.188. The van der Waals surface area contributed by atoms with Crippen LogP contribution in [-0.2, 0) is 5.41 Å². The Morgan fingerprint density at radius 2 is 2.43 bits per heavy atom. The third-order valence-electron chi connectivity index (χ3n) is 3.10. The van der Waals surface area contributed by atoms with E-state index in [1.165, 1.54) is 6.20 Å². The van der Waals surface area contributed by atoms with Gasteiger partial charge in [0.2, 0.25) is 0 Å². The summed E-state index contributed by atoms with van der Waals surface area (Å²) in [5.74, 6) is -0.208. The van der Waals surface area contributed by atoms with Gasteiger partial charge >= 0.3 is 0 Å². The van der Waals surface area contributed by atoms with Crippen LogP contribution >= 0.6 is 11.6 Å². The molecule has 0 N–H and O–H groups in total. The van der Waals surface area contributed by atoms with E-state index in [0.29, 0.717) is 0 Å². The molecule has 0 aromatic carbocycles. The van der Waals surface area contributed by atoms with Crippen molar-refractivity contribution in [1.29, 1.82) is 0 Å². The highest BCUT2D eigenvalue weighted by Crippen LogP contribution is 2.43. The highest BCUT2D eigenvalue weighted by molar-refractivity contribution is 6.20. The van der Waals surface area contributed by atoms with Gasteiger partial charge in [0.1, 0.15) is 5.82 Å². The van der Waals surface area contributed by atoms with Gasteiger partial charge in [-0.25, -0.2) is 4.39 Å². The summed E-state index contributed by atoms with van der Waals surface area (Å²) < 4.78 is 13.5. The molecule has 2 unspecified atom stereocenters. The van der Waals surface area contributed by atoms with Crippen LogP contribution in [0.2, 0.25) is 0 Å². The monoisotopic (exact) mass is 213 g/mol.